The Morgan fingerprint density at radius 2 is 1.74 bits per heavy atom. The number of fused-ring (bicyclic) bond motifs is 1. The number of ether oxygens (including phenoxy) is 2. The van der Waals surface area contributed by atoms with Gasteiger partial charge in [0, 0.05) is 6.54 Å². The first-order chi connectivity index (χ1) is 15.2. The Balaban J connectivity index is 1.48. The number of hydrogen-bond donors (Lipinski definition) is 2. The van der Waals surface area contributed by atoms with Crippen molar-refractivity contribution in [2.75, 3.05) is 19.8 Å². The predicted octanol–water partition coefficient (Wildman–Crippen LogP) is 4.33. The van der Waals surface area contributed by atoms with Gasteiger partial charge in [0.15, 0.2) is 0 Å². The largest absolute Gasteiger partial charge is 0.494 e. The molecule has 5 heteroatoms. The van der Waals surface area contributed by atoms with Crippen molar-refractivity contribution in [3.05, 3.63) is 65.2 Å². The maximum atomic E-state index is 11.5. The summed E-state index contributed by atoms with van der Waals surface area (Å²) in [5.74, 6) is 0.498. The highest BCUT2D eigenvalue weighted by Gasteiger charge is 2.12. The summed E-state index contributed by atoms with van der Waals surface area (Å²) >= 11 is 0. The molecule has 3 rings (SSSR count). The molecule has 0 heterocycles. The van der Waals surface area contributed by atoms with E-state index in [9.17, 15) is 4.79 Å². The molecule has 4 N–H and O–H groups in total. The molecule has 1 aliphatic rings. The molecular formula is C26H34N2O3. The average molecular weight is 423 g/mol. The summed E-state index contributed by atoms with van der Waals surface area (Å²) < 4.78 is 11.1. The van der Waals surface area contributed by atoms with Crippen molar-refractivity contribution in [3.8, 4) is 5.75 Å². The second-order valence-corrected chi connectivity index (χ2v) is 8.02. The molecule has 31 heavy (non-hydrogen) atoms. The zero-order chi connectivity index (χ0) is 21.9. The molecule has 1 atom stereocenters. The Kier molecular flexibility index (Phi) is 9.13. The molecule has 1 unspecified atom stereocenters. The van der Waals surface area contributed by atoms with Crippen LogP contribution in [0.25, 0.3) is 11.6 Å². The molecule has 0 spiro atoms. The number of carbonyl (C=O) groups is 1. The number of hydrogen-bond acceptors (Lipinski definition) is 5. The number of benzene rings is 2. The van der Waals surface area contributed by atoms with Crippen molar-refractivity contribution in [2.45, 2.75) is 51.0 Å². The first kappa shape index (κ1) is 23.0. The summed E-state index contributed by atoms with van der Waals surface area (Å²) in [6.07, 6.45) is 9.57. The van der Waals surface area contributed by atoms with Crippen LogP contribution in [0.1, 0.15) is 55.2 Å². The molecule has 2 aromatic carbocycles. The molecular weight excluding hydrogens is 388 g/mol. The van der Waals surface area contributed by atoms with E-state index in [2.05, 4.69) is 54.6 Å². The fourth-order valence-electron chi connectivity index (χ4n) is 3.75. The number of aryl methyl sites for hydroxylation is 1. The lowest BCUT2D eigenvalue weighted by molar-refractivity contribution is -0.145. The summed E-state index contributed by atoms with van der Waals surface area (Å²) in [5.41, 5.74) is 16.2. The van der Waals surface area contributed by atoms with E-state index in [0.717, 1.165) is 37.9 Å². The van der Waals surface area contributed by atoms with Gasteiger partial charge < -0.3 is 20.9 Å². The standard InChI is InChI=1S/C26H34N2O3/c27-19-25(28)26(29)31-16-8-2-7-15-30-24-14-13-23-17-21(20-9-3-1-4-10-20)11-5-6-12-22(23)18-24/h1,3-4,9-10,13-14,17-18,25H,2,5-8,11-12,15-16,19,27-28H2. The molecule has 0 saturated carbocycles. The van der Waals surface area contributed by atoms with Crippen LogP contribution in [0.2, 0.25) is 0 Å². The molecule has 0 aromatic heterocycles. The normalized spacial score (nSPS) is 14.6. The number of nitrogens with two attached hydrogens (primary N) is 2. The van der Waals surface area contributed by atoms with Crippen molar-refractivity contribution in [1.29, 1.82) is 0 Å². The number of allylic oxidation sites excluding steroid dienone is 1. The van der Waals surface area contributed by atoms with Gasteiger partial charge in [0.05, 0.1) is 13.2 Å². The quantitative estimate of drug-likeness (QED) is 0.439. The Labute approximate surface area is 185 Å². The van der Waals surface area contributed by atoms with Gasteiger partial charge in [-0.3, -0.25) is 4.79 Å². The molecule has 2 aromatic rings. The van der Waals surface area contributed by atoms with E-state index >= 15 is 0 Å². The van der Waals surface area contributed by atoms with E-state index in [1.165, 1.54) is 35.1 Å². The summed E-state index contributed by atoms with van der Waals surface area (Å²) in [6, 6.07) is 16.4. The lowest BCUT2D eigenvalue weighted by Crippen LogP contribution is -2.39. The maximum Gasteiger partial charge on any atom is 0.324 e. The van der Waals surface area contributed by atoms with Crippen LogP contribution in [0.15, 0.2) is 48.5 Å². The van der Waals surface area contributed by atoms with E-state index in [0.29, 0.717) is 13.2 Å². The van der Waals surface area contributed by atoms with Gasteiger partial charge in [-0.15, -0.1) is 0 Å². The Bertz CT molecular complexity index is 864. The van der Waals surface area contributed by atoms with Gasteiger partial charge in [0.25, 0.3) is 0 Å². The van der Waals surface area contributed by atoms with Gasteiger partial charge in [0.1, 0.15) is 11.8 Å². The van der Waals surface area contributed by atoms with Crippen LogP contribution in [-0.2, 0) is 16.0 Å². The van der Waals surface area contributed by atoms with Crippen molar-refractivity contribution < 1.29 is 14.3 Å². The van der Waals surface area contributed by atoms with Crippen LogP contribution in [0.3, 0.4) is 0 Å². The minimum atomic E-state index is -0.723. The van der Waals surface area contributed by atoms with Gasteiger partial charge >= 0.3 is 5.97 Å². The van der Waals surface area contributed by atoms with Crippen LogP contribution < -0.4 is 16.2 Å². The average Bonchev–Trinajstić information content (AvgIpc) is 2.79. The number of carbonyl (C=O) groups excluding carboxylic acids is 1. The van der Waals surface area contributed by atoms with Crippen molar-refractivity contribution >= 4 is 17.6 Å². The summed E-state index contributed by atoms with van der Waals surface area (Å²) in [4.78, 5) is 11.5. The number of rotatable bonds is 10. The fraction of sp³-hybridized carbons (Fsp3) is 0.423. The van der Waals surface area contributed by atoms with Gasteiger partial charge in [-0.05, 0) is 79.3 Å². The minimum Gasteiger partial charge on any atom is -0.494 e. The van der Waals surface area contributed by atoms with Crippen LogP contribution in [0.4, 0.5) is 0 Å². The van der Waals surface area contributed by atoms with Crippen molar-refractivity contribution in [1.82, 2.24) is 0 Å². The monoisotopic (exact) mass is 422 g/mol. The summed E-state index contributed by atoms with van der Waals surface area (Å²) in [7, 11) is 0. The fourth-order valence-corrected chi connectivity index (χ4v) is 3.75. The zero-order valence-corrected chi connectivity index (χ0v) is 18.2. The molecule has 0 bridgehead atoms. The van der Waals surface area contributed by atoms with E-state index < -0.39 is 12.0 Å². The Morgan fingerprint density at radius 1 is 0.968 bits per heavy atom. The predicted molar refractivity (Wildman–Crippen MR) is 126 cm³/mol. The topological polar surface area (TPSA) is 87.6 Å². The van der Waals surface area contributed by atoms with Crippen LogP contribution in [-0.4, -0.2) is 31.8 Å². The van der Waals surface area contributed by atoms with Crippen molar-refractivity contribution in [2.24, 2.45) is 11.5 Å². The van der Waals surface area contributed by atoms with Crippen LogP contribution >= 0.6 is 0 Å². The van der Waals surface area contributed by atoms with Gasteiger partial charge in [-0.25, -0.2) is 0 Å². The van der Waals surface area contributed by atoms with Gasteiger partial charge in [0.2, 0.25) is 0 Å². The molecule has 0 radical (unpaired) electrons. The van der Waals surface area contributed by atoms with E-state index in [4.69, 9.17) is 20.9 Å². The first-order valence-corrected chi connectivity index (χ1v) is 11.3. The highest BCUT2D eigenvalue weighted by molar-refractivity contribution is 5.82. The molecule has 5 nitrogen and oxygen atoms in total. The second-order valence-electron chi connectivity index (χ2n) is 8.02. The zero-order valence-electron chi connectivity index (χ0n) is 18.2. The number of esters is 1. The highest BCUT2D eigenvalue weighted by Crippen LogP contribution is 2.30. The summed E-state index contributed by atoms with van der Waals surface area (Å²) in [5, 5.41) is 0. The van der Waals surface area contributed by atoms with Crippen LogP contribution in [0.5, 0.6) is 5.75 Å². The third-order valence-corrected chi connectivity index (χ3v) is 5.59. The lowest BCUT2D eigenvalue weighted by atomic mass is 9.91. The highest BCUT2D eigenvalue weighted by atomic mass is 16.5. The summed E-state index contributed by atoms with van der Waals surface area (Å²) in [6.45, 7) is 1.14. The SMILES string of the molecule is NCC(N)C(=O)OCCCCCOc1ccc2c(c1)CCCCC(c1ccccc1)=C2. The van der Waals surface area contributed by atoms with E-state index in [-0.39, 0.29) is 6.54 Å². The molecule has 1 aliphatic carbocycles. The van der Waals surface area contributed by atoms with Gasteiger partial charge in [-0.2, -0.15) is 0 Å². The van der Waals surface area contributed by atoms with Crippen LogP contribution in [0, 0.1) is 0 Å². The Hall–Kier alpha value is -2.63. The maximum absolute atomic E-state index is 11.5. The second kappa shape index (κ2) is 12.3. The van der Waals surface area contributed by atoms with E-state index in [1.807, 2.05) is 0 Å². The van der Waals surface area contributed by atoms with Gasteiger partial charge in [-0.1, -0.05) is 42.5 Å². The van der Waals surface area contributed by atoms with Crippen molar-refractivity contribution in [3.63, 3.8) is 0 Å². The Morgan fingerprint density at radius 3 is 2.55 bits per heavy atom. The minimum absolute atomic E-state index is 0.108. The molecule has 0 aliphatic heterocycles. The molecule has 0 fully saturated rings. The lowest BCUT2D eigenvalue weighted by Gasteiger charge is -2.16. The molecule has 0 saturated heterocycles. The van der Waals surface area contributed by atoms with E-state index in [1.54, 1.807) is 0 Å². The number of unbranched alkanes of at least 4 members (excludes halogenated alkanes) is 2. The first-order valence-electron chi connectivity index (χ1n) is 11.3. The third kappa shape index (κ3) is 7.23. The third-order valence-electron chi connectivity index (χ3n) is 5.59. The smallest absolute Gasteiger partial charge is 0.324 e. The molecule has 166 valence electrons. The molecule has 0 amide bonds.